The molecule has 0 saturated heterocycles. The highest BCUT2D eigenvalue weighted by Gasteiger charge is 2.05. The summed E-state index contributed by atoms with van der Waals surface area (Å²) in [6.45, 7) is 0. The predicted octanol–water partition coefficient (Wildman–Crippen LogP) is 0.758. The van der Waals surface area contributed by atoms with Gasteiger partial charge in [-0.15, -0.1) is 12.6 Å². The third-order valence-electron chi connectivity index (χ3n) is 1.16. The van der Waals surface area contributed by atoms with E-state index in [0.29, 0.717) is 10.6 Å². The van der Waals surface area contributed by atoms with Crippen molar-refractivity contribution in [3.8, 4) is 0 Å². The van der Waals surface area contributed by atoms with Crippen molar-refractivity contribution in [3.05, 3.63) is 23.9 Å². The van der Waals surface area contributed by atoms with Crippen molar-refractivity contribution in [1.29, 1.82) is 0 Å². The second kappa shape index (κ2) is 3.42. The summed E-state index contributed by atoms with van der Waals surface area (Å²) in [5.74, 6) is -0.409. The average Bonchev–Trinajstić information content (AvgIpc) is 1.91. The normalized spacial score (nSPS) is 11.5. The topological polar surface area (TPSA) is 67.3 Å². The zero-order chi connectivity index (χ0) is 9.19. The second-order valence-electron chi connectivity index (χ2n) is 2.25. The molecule has 6 heteroatoms. The first-order valence-electron chi connectivity index (χ1n) is 3.06. The minimum atomic E-state index is -3.95. The molecule has 1 heterocycles. The van der Waals surface area contributed by atoms with Crippen molar-refractivity contribution in [1.82, 2.24) is 4.98 Å². The van der Waals surface area contributed by atoms with Crippen LogP contribution >= 0.6 is 12.6 Å². The largest absolute Gasteiger partial charge is 0.285 e. The summed E-state index contributed by atoms with van der Waals surface area (Å²) in [7, 11) is -3.95. The fourth-order valence-corrected chi connectivity index (χ4v) is 1.44. The monoisotopic (exact) mass is 205 g/mol. The molecule has 1 aromatic heterocycles. The number of hydrogen-bond donors (Lipinski definition) is 2. The third-order valence-corrected chi connectivity index (χ3v) is 2.12. The van der Waals surface area contributed by atoms with Crippen LogP contribution in [-0.2, 0) is 15.9 Å². The van der Waals surface area contributed by atoms with Gasteiger partial charge in [0.05, 0.1) is 5.03 Å². The SMILES string of the molecule is O=S(=O)(O)Cc1ccc(S)nc1. The zero-order valence-corrected chi connectivity index (χ0v) is 7.72. The number of thiol groups is 1. The van der Waals surface area contributed by atoms with Crippen LogP contribution in [-0.4, -0.2) is 18.0 Å². The number of nitrogens with zero attached hydrogens (tertiary/aromatic N) is 1. The molecule has 1 rings (SSSR count). The summed E-state index contributed by atoms with van der Waals surface area (Å²) >= 11 is 3.92. The van der Waals surface area contributed by atoms with Gasteiger partial charge in [-0.25, -0.2) is 4.98 Å². The van der Waals surface area contributed by atoms with Gasteiger partial charge in [0.25, 0.3) is 10.1 Å². The minimum Gasteiger partial charge on any atom is -0.285 e. The molecule has 0 aliphatic rings. The van der Waals surface area contributed by atoms with Crippen molar-refractivity contribution in [2.45, 2.75) is 10.8 Å². The summed E-state index contributed by atoms with van der Waals surface area (Å²) in [6.07, 6.45) is 1.36. The van der Waals surface area contributed by atoms with E-state index in [1.807, 2.05) is 0 Å². The van der Waals surface area contributed by atoms with Gasteiger partial charge in [0.15, 0.2) is 0 Å². The fourth-order valence-electron chi connectivity index (χ4n) is 0.713. The molecular weight excluding hydrogens is 198 g/mol. The molecule has 0 aromatic carbocycles. The Morgan fingerprint density at radius 2 is 2.17 bits per heavy atom. The van der Waals surface area contributed by atoms with Gasteiger partial charge < -0.3 is 0 Å². The maximum atomic E-state index is 10.4. The highest BCUT2D eigenvalue weighted by atomic mass is 32.2. The van der Waals surface area contributed by atoms with Gasteiger partial charge >= 0.3 is 0 Å². The molecule has 1 aromatic rings. The maximum Gasteiger partial charge on any atom is 0.269 e. The number of hydrogen-bond acceptors (Lipinski definition) is 4. The van der Waals surface area contributed by atoms with Crippen LogP contribution in [0.15, 0.2) is 23.4 Å². The van der Waals surface area contributed by atoms with E-state index in [4.69, 9.17) is 4.55 Å². The number of rotatable bonds is 2. The molecule has 0 spiro atoms. The second-order valence-corrected chi connectivity index (χ2v) is 4.16. The molecule has 0 bridgehead atoms. The smallest absolute Gasteiger partial charge is 0.269 e. The molecule has 0 aliphatic heterocycles. The van der Waals surface area contributed by atoms with E-state index in [1.165, 1.54) is 6.20 Å². The average molecular weight is 205 g/mol. The van der Waals surface area contributed by atoms with Gasteiger partial charge in [0.2, 0.25) is 0 Å². The van der Waals surface area contributed by atoms with E-state index in [1.54, 1.807) is 12.1 Å². The Kier molecular flexibility index (Phi) is 2.71. The molecular formula is C6H7NO3S2. The first-order valence-corrected chi connectivity index (χ1v) is 5.12. The maximum absolute atomic E-state index is 10.4. The summed E-state index contributed by atoms with van der Waals surface area (Å²) in [5, 5.41) is 0.508. The lowest BCUT2D eigenvalue weighted by Crippen LogP contribution is -2.01. The third kappa shape index (κ3) is 3.21. The van der Waals surface area contributed by atoms with Crippen LogP contribution in [0.1, 0.15) is 5.56 Å². The van der Waals surface area contributed by atoms with E-state index >= 15 is 0 Å². The van der Waals surface area contributed by atoms with Crippen LogP contribution in [0.4, 0.5) is 0 Å². The van der Waals surface area contributed by atoms with Gasteiger partial charge in [0, 0.05) is 6.20 Å². The lowest BCUT2D eigenvalue weighted by molar-refractivity contribution is 0.482. The Morgan fingerprint density at radius 1 is 1.50 bits per heavy atom. The van der Waals surface area contributed by atoms with E-state index < -0.39 is 15.9 Å². The van der Waals surface area contributed by atoms with E-state index in [2.05, 4.69) is 17.6 Å². The van der Waals surface area contributed by atoms with Crippen LogP contribution in [0.2, 0.25) is 0 Å². The van der Waals surface area contributed by atoms with Crippen molar-refractivity contribution in [2.75, 3.05) is 0 Å². The van der Waals surface area contributed by atoms with Crippen LogP contribution in [0, 0.1) is 0 Å². The fraction of sp³-hybridized carbons (Fsp3) is 0.167. The molecule has 0 amide bonds. The van der Waals surface area contributed by atoms with Crippen molar-refractivity contribution >= 4 is 22.7 Å². The molecule has 0 fully saturated rings. The van der Waals surface area contributed by atoms with Crippen molar-refractivity contribution in [2.24, 2.45) is 0 Å². The molecule has 0 aliphatic carbocycles. The summed E-state index contributed by atoms with van der Waals surface area (Å²) < 4.78 is 29.3. The Hall–Kier alpha value is -0.590. The van der Waals surface area contributed by atoms with Gasteiger partial charge in [-0.1, -0.05) is 6.07 Å². The Balaban J connectivity index is 2.85. The Morgan fingerprint density at radius 3 is 2.58 bits per heavy atom. The van der Waals surface area contributed by atoms with E-state index in [9.17, 15) is 8.42 Å². The predicted molar refractivity (Wildman–Crippen MR) is 46.7 cm³/mol. The van der Waals surface area contributed by atoms with Crippen molar-refractivity contribution in [3.63, 3.8) is 0 Å². The van der Waals surface area contributed by atoms with Crippen LogP contribution < -0.4 is 0 Å². The van der Waals surface area contributed by atoms with Gasteiger partial charge in [0.1, 0.15) is 5.75 Å². The number of aromatic nitrogens is 1. The molecule has 12 heavy (non-hydrogen) atoms. The van der Waals surface area contributed by atoms with Crippen LogP contribution in [0.25, 0.3) is 0 Å². The standard InChI is InChI=1S/C6H7NO3S2/c8-12(9,10)4-5-1-2-6(11)7-3-5/h1-3H,4H2,(H,7,11)(H,8,9,10). The van der Waals surface area contributed by atoms with Crippen LogP contribution in [0.3, 0.4) is 0 Å². The summed E-state index contributed by atoms with van der Waals surface area (Å²) in [4.78, 5) is 3.75. The Labute approximate surface area is 75.8 Å². The van der Waals surface area contributed by atoms with Crippen LogP contribution in [0.5, 0.6) is 0 Å². The quantitative estimate of drug-likeness (QED) is 0.552. The molecule has 4 nitrogen and oxygen atoms in total. The molecule has 0 unspecified atom stereocenters. The Bertz CT molecular complexity index is 357. The number of pyridine rings is 1. The lowest BCUT2D eigenvalue weighted by Gasteiger charge is -1.96. The van der Waals surface area contributed by atoms with E-state index in [0.717, 1.165) is 0 Å². The first kappa shape index (κ1) is 9.50. The lowest BCUT2D eigenvalue weighted by atomic mass is 10.3. The molecule has 0 atom stereocenters. The molecule has 0 radical (unpaired) electrons. The van der Waals surface area contributed by atoms with Crippen molar-refractivity contribution < 1.29 is 13.0 Å². The molecule has 0 saturated carbocycles. The highest BCUT2D eigenvalue weighted by molar-refractivity contribution is 7.85. The minimum absolute atomic E-state index is 0.409. The zero-order valence-electron chi connectivity index (χ0n) is 6.01. The molecule has 1 N–H and O–H groups in total. The van der Waals surface area contributed by atoms with Gasteiger partial charge in [-0.2, -0.15) is 8.42 Å². The molecule has 66 valence electrons. The highest BCUT2D eigenvalue weighted by Crippen LogP contribution is 2.06. The van der Waals surface area contributed by atoms with Gasteiger partial charge in [-0.05, 0) is 11.6 Å². The van der Waals surface area contributed by atoms with E-state index in [-0.39, 0.29) is 0 Å². The first-order chi connectivity index (χ1) is 5.47. The van der Waals surface area contributed by atoms with Gasteiger partial charge in [-0.3, -0.25) is 4.55 Å². The summed E-state index contributed by atoms with van der Waals surface area (Å²) in [6, 6.07) is 3.10. The summed E-state index contributed by atoms with van der Waals surface area (Å²) in [5.41, 5.74) is 0.440.